The molecule has 1 aromatic rings. The average Bonchev–Trinajstić information content (AvgIpc) is 2.37. The number of rotatable bonds is 3. The van der Waals surface area contributed by atoms with Gasteiger partial charge < -0.3 is 20.5 Å². The molecule has 0 radical (unpaired) electrons. The number of primary amides is 1. The molecule has 1 amide bonds. The summed E-state index contributed by atoms with van der Waals surface area (Å²) in [6.07, 6.45) is 0. The van der Waals surface area contributed by atoms with Crippen LogP contribution in [0.5, 0.6) is 11.5 Å². The number of ether oxygens (including phenoxy) is 2. The van der Waals surface area contributed by atoms with Gasteiger partial charge in [0.25, 0.3) is 0 Å². The van der Waals surface area contributed by atoms with Crippen molar-refractivity contribution in [1.29, 1.82) is 0 Å². The van der Waals surface area contributed by atoms with Gasteiger partial charge in [-0.1, -0.05) is 6.07 Å². The molecule has 17 heavy (non-hydrogen) atoms. The van der Waals surface area contributed by atoms with Crippen LogP contribution in [0.1, 0.15) is 12.5 Å². The maximum Gasteiger partial charge on any atom is 0.242 e. The number of benzene rings is 1. The minimum Gasteiger partial charge on any atom is -0.486 e. The molecule has 0 saturated carbocycles. The van der Waals surface area contributed by atoms with Crippen LogP contribution in [0.3, 0.4) is 0 Å². The van der Waals surface area contributed by atoms with E-state index in [0.29, 0.717) is 24.7 Å². The highest BCUT2D eigenvalue weighted by Gasteiger charge is 2.32. The Labute approximate surface area is 99.9 Å². The third kappa shape index (κ3) is 1.93. The Bertz CT molecular complexity index is 447. The van der Waals surface area contributed by atoms with Gasteiger partial charge in [0.15, 0.2) is 11.5 Å². The smallest absolute Gasteiger partial charge is 0.242 e. The Morgan fingerprint density at radius 3 is 2.59 bits per heavy atom. The first-order chi connectivity index (χ1) is 8.08. The number of carbonyl (C=O) groups is 1. The van der Waals surface area contributed by atoms with E-state index in [1.54, 1.807) is 26.1 Å². The van der Waals surface area contributed by atoms with Crippen molar-refractivity contribution in [2.24, 2.45) is 5.73 Å². The number of fused-ring (bicyclic) bond motifs is 1. The van der Waals surface area contributed by atoms with Crippen molar-refractivity contribution in [3.05, 3.63) is 23.8 Å². The Kier molecular flexibility index (Phi) is 2.93. The van der Waals surface area contributed by atoms with Gasteiger partial charge in [0.2, 0.25) is 5.91 Å². The molecular formula is C12H16N2O3. The summed E-state index contributed by atoms with van der Waals surface area (Å²) in [5, 5.41) is 2.93. The lowest BCUT2D eigenvalue weighted by Crippen LogP contribution is -2.48. The third-order valence-corrected chi connectivity index (χ3v) is 3.11. The van der Waals surface area contributed by atoms with Crippen molar-refractivity contribution in [1.82, 2.24) is 5.32 Å². The molecule has 1 aliphatic heterocycles. The summed E-state index contributed by atoms with van der Waals surface area (Å²) in [6, 6.07) is 5.40. The van der Waals surface area contributed by atoms with Crippen LogP contribution in [0, 0.1) is 0 Å². The summed E-state index contributed by atoms with van der Waals surface area (Å²) in [7, 11) is 1.70. The predicted molar refractivity (Wildman–Crippen MR) is 63.0 cm³/mol. The van der Waals surface area contributed by atoms with Gasteiger partial charge in [0, 0.05) is 0 Å². The molecule has 3 N–H and O–H groups in total. The molecule has 5 heteroatoms. The second kappa shape index (κ2) is 4.25. The van der Waals surface area contributed by atoms with E-state index >= 15 is 0 Å². The normalized spacial score (nSPS) is 17.3. The summed E-state index contributed by atoms with van der Waals surface area (Å²) in [6.45, 7) is 2.80. The maximum atomic E-state index is 11.5. The zero-order valence-electron chi connectivity index (χ0n) is 9.95. The Balaban J connectivity index is 2.42. The summed E-state index contributed by atoms with van der Waals surface area (Å²) < 4.78 is 10.9. The van der Waals surface area contributed by atoms with Crippen molar-refractivity contribution >= 4 is 5.91 Å². The molecule has 1 unspecified atom stereocenters. The second-order valence-corrected chi connectivity index (χ2v) is 4.10. The Morgan fingerprint density at radius 2 is 2.00 bits per heavy atom. The lowest BCUT2D eigenvalue weighted by Gasteiger charge is -2.27. The molecule has 1 aromatic carbocycles. The van der Waals surface area contributed by atoms with Gasteiger partial charge in [-0.25, -0.2) is 0 Å². The molecule has 0 aliphatic carbocycles. The van der Waals surface area contributed by atoms with E-state index in [-0.39, 0.29) is 0 Å². The van der Waals surface area contributed by atoms with Crippen LogP contribution in [0.15, 0.2) is 18.2 Å². The van der Waals surface area contributed by atoms with E-state index in [0.717, 1.165) is 5.56 Å². The minimum atomic E-state index is -0.907. The van der Waals surface area contributed by atoms with Crippen molar-refractivity contribution in [2.75, 3.05) is 20.3 Å². The fourth-order valence-corrected chi connectivity index (χ4v) is 1.76. The molecule has 1 atom stereocenters. The monoisotopic (exact) mass is 236 g/mol. The fourth-order valence-electron chi connectivity index (χ4n) is 1.76. The first-order valence-electron chi connectivity index (χ1n) is 5.47. The molecule has 0 fully saturated rings. The lowest BCUT2D eigenvalue weighted by molar-refractivity contribution is -0.123. The van der Waals surface area contributed by atoms with Crippen LogP contribution < -0.4 is 20.5 Å². The molecule has 5 nitrogen and oxygen atoms in total. The molecule has 2 rings (SSSR count). The van der Waals surface area contributed by atoms with Crippen LogP contribution in [-0.2, 0) is 10.3 Å². The molecule has 0 aromatic heterocycles. The number of nitrogens with two attached hydrogens (primary N) is 1. The summed E-state index contributed by atoms with van der Waals surface area (Å²) in [4.78, 5) is 11.5. The van der Waals surface area contributed by atoms with E-state index in [4.69, 9.17) is 15.2 Å². The molecule has 0 spiro atoms. The maximum absolute atomic E-state index is 11.5. The Morgan fingerprint density at radius 1 is 1.35 bits per heavy atom. The van der Waals surface area contributed by atoms with Gasteiger partial charge in [-0.15, -0.1) is 0 Å². The van der Waals surface area contributed by atoms with Crippen molar-refractivity contribution in [3.8, 4) is 11.5 Å². The predicted octanol–water partition coefficient (Wildman–Crippen LogP) is 0.378. The number of carbonyl (C=O) groups excluding carboxylic acids is 1. The Hall–Kier alpha value is -1.75. The van der Waals surface area contributed by atoms with Gasteiger partial charge in [-0.05, 0) is 31.7 Å². The molecule has 1 aliphatic rings. The van der Waals surface area contributed by atoms with E-state index in [1.165, 1.54) is 0 Å². The summed E-state index contributed by atoms with van der Waals surface area (Å²) in [5.41, 5.74) is 5.27. The van der Waals surface area contributed by atoms with E-state index in [9.17, 15) is 4.79 Å². The second-order valence-electron chi connectivity index (χ2n) is 4.10. The average molecular weight is 236 g/mol. The van der Waals surface area contributed by atoms with Crippen LogP contribution in [0.25, 0.3) is 0 Å². The largest absolute Gasteiger partial charge is 0.486 e. The van der Waals surface area contributed by atoms with E-state index in [2.05, 4.69) is 5.32 Å². The molecule has 0 saturated heterocycles. The van der Waals surface area contributed by atoms with Crippen molar-refractivity contribution < 1.29 is 14.3 Å². The first kappa shape index (κ1) is 11.7. The minimum absolute atomic E-state index is 0.434. The number of likely N-dealkylation sites (N-methyl/N-ethyl adjacent to an activating group) is 1. The molecular weight excluding hydrogens is 220 g/mol. The van der Waals surface area contributed by atoms with Gasteiger partial charge in [0.05, 0.1) is 0 Å². The van der Waals surface area contributed by atoms with Gasteiger partial charge in [-0.3, -0.25) is 4.79 Å². The lowest BCUT2D eigenvalue weighted by atomic mass is 9.91. The summed E-state index contributed by atoms with van der Waals surface area (Å²) in [5.74, 6) is 0.913. The highest BCUT2D eigenvalue weighted by Crippen LogP contribution is 2.34. The highest BCUT2D eigenvalue weighted by molar-refractivity contribution is 5.86. The molecule has 0 bridgehead atoms. The topological polar surface area (TPSA) is 73.6 Å². The zero-order valence-corrected chi connectivity index (χ0v) is 9.95. The standard InChI is InChI=1S/C12H16N2O3/c1-12(14-2,11(13)15)8-3-4-9-10(7-8)17-6-5-16-9/h3-4,7,14H,5-6H2,1-2H3,(H2,13,15). The number of amides is 1. The van der Waals surface area contributed by atoms with Crippen LogP contribution in [-0.4, -0.2) is 26.2 Å². The van der Waals surface area contributed by atoms with Crippen LogP contribution in [0.4, 0.5) is 0 Å². The van der Waals surface area contributed by atoms with Gasteiger partial charge in [0.1, 0.15) is 18.8 Å². The van der Waals surface area contributed by atoms with Crippen molar-refractivity contribution in [2.45, 2.75) is 12.5 Å². The van der Waals surface area contributed by atoms with Gasteiger partial charge in [-0.2, -0.15) is 0 Å². The molecule has 1 heterocycles. The number of nitrogens with one attached hydrogen (secondary N) is 1. The number of hydrogen-bond acceptors (Lipinski definition) is 4. The highest BCUT2D eigenvalue weighted by atomic mass is 16.6. The van der Waals surface area contributed by atoms with Crippen molar-refractivity contribution in [3.63, 3.8) is 0 Å². The summed E-state index contributed by atoms with van der Waals surface area (Å²) >= 11 is 0. The molecule has 92 valence electrons. The fraction of sp³-hybridized carbons (Fsp3) is 0.417. The first-order valence-corrected chi connectivity index (χ1v) is 5.47. The van der Waals surface area contributed by atoms with Crippen LogP contribution >= 0.6 is 0 Å². The quantitative estimate of drug-likeness (QED) is 0.795. The van der Waals surface area contributed by atoms with Gasteiger partial charge >= 0.3 is 0 Å². The SMILES string of the molecule is CNC(C)(C(N)=O)c1ccc2c(c1)OCCO2. The third-order valence-electron chi connectivity index (χ3n) is 3.11. The van der Waals surface area contributed by atoms with E-state index in [1.807, 2.05) is 6.07 Å². The zero-order chi connectivity index (χ0) is 12.5. The number of hydrogen-bond donors (Lipinski definition) is 2. The van der Waals surface area contributed by atoms with E-state index < -0.39 is 11.4 Å². The van der Waals surface area contributed by atoms with Crippen LogP contribution in [0.2, 0.25) is 0 Å².